The van der Waals surface area contributed by atoms with E-state index in [9.17, 15) is 4.79 Å². The highest BCUT2D eigenvalue weighted by Gasteiger charge is 2.41. The van der Waals surface area contributed by atoms with Gasteiger partial charge in [-0.1, -0.05) is 66.7 Å². The Morgan fingerprint density at radius 2 is 1.58 bits per heavy atom. The summed E-state index contributed by atoms with van der Waals surface area (Å²) in [5, 5.41) is 3.30. The van der Waals surface area contributed by atoms with Crippen LogP contribution in [0.15, 0.2) is 84.9 Å². The Kier molecular flexibility index (Phi) is 5.37. The first-order chi connectivity index (χ1) is 15.2. The number of amides is 1. The van der Waals surface area contributed by atoms with E-state index in [0.717, 1.165) is 31.6 Å². The quantitative estimate of drug-likeness (QED) is 0.690. The van der Waals surface area contributed by atoms with Gasteiger partial charge in [0.05, 0.1) is 18.0 Å². The van der Waals surface area contributed by atoms with Crippen molar-refractivity contribution >= 4 is 17.3 Å². The molecule has 1 saturated heterocycles. The van der Waals surface area contributed by atoms with Crippen molar-refractivity contribution in [3.05, 3.63) is 96.1 Å². The summed E-state index contributed by atoms with van der Waals surface area (Å²) in [5.41, 5.74) is 4.94. The number of carbonyl (C=O) groups excluding carboxylic acids is 1. The molecule has 0 unspecified atom stereocenters. The highest BCUT2D eigenvalue weighted by Crippen LogP contribution is 2.37. The minimum Gasteiger partial charge on any atom is -0.368 e. The number of fused-ring (bicyclic) bond motifs is 3. The monoisotopic (exact) mass is 411 g/mol. The van der Waals surface area contributed by atoms with E-state index in [1.54, 1.807) is 0 Å². The number of nitrogens with one attached hydrogen (secondary N) is 1. The Balaban J connectivity index is 1.42. The molecule has 1 amide bonds. The molecule has 1 N–H and O–H groups in total. The Hall–Kier alpha value is -3.27. The van der Waals surface area contributed by atoms with Crippen LogP contribution in [-0.4, -0.2) is 31.6 Å². The van der Waals surface area contributed by atoms with Crippen LogP contribution >= 0.6 is 0 Å². The van der Waals surface area contributed by atoms with Gasteiger partial charge in [-0.25, -0.2) is 0 Å². The van der Waals surface area contributed by atoms with Gasteiger partial charge >= 0.3 is 0 Å². The van der Waals surface area contributed by atoms with Gasteiger partial charge in [-0.2, -0.15) is 0 Å². The maximum atomic E-state index is 13.5. The summed E-state index contributed by atoms with van der Waals surface area (Å²) in [7, 11) is 0. The van der Waals surface area contributed by atoms with E-state index in [-0.39, 0.29) is 23.9 Å². The van der Waals surface area contributed by atoms with E-state index < -0.39 is 0 Å². The SMILES string of the molecule is C[C@H](NC(=O)[C@H]1Cc2ccccc2N2CCN(c3ccccc3)C[C@@H]12)c1ccccc1. The van der Waals surface area contributed by atoms with Crippen molar-refractivity contribution in [2.24, 2.45) is 5.92 Å². The van der Waals surface area contributed by atoms with Crippen LogP contribution in [0, 0.1) is 5.92 Å². The molecule has 31 heavy (non-hydrogen) atoms. The number of nitrogens with zero attached hydrogens (tertiary/aromatic N) is 2. The maximum Gasteiger partial charge on any atom is 0.226 e. The van der Waals surface area contributed by atoms with Crippen molar-refractivity contribution < 1.29 is 4.79 Å². The average Bonchev–Trinajstić information content (AvgIpc) is 2.84. The molecule has 0 radical (unpaired) electrons. The minimum absolute atomic E-state index is 0.00635. The first-order valence-corrected chi connectivity index (χ1v) is 11.2. The Bertz CT molecular complexity index is 1040. The highest BCUT2D eigenvalue weighted by atomic mass is 16.2. The van der Waals surface area contributed by atoms with Crippen LogP contribution in [0.5, 0.6) is 0 Å². The van der Waals surface area contributed by atoms with E-state index in [2.05, 4.69) is 88.8 Å². The summed E-state index contributed by atoms with van der Waals surface area (Å²) in [4.78, 5) is 18.4. The second-order valence-corrected chi connectivity index (χ2v) is 8.62. The lowest BCUT2D eigenvalue weighted by molar-refractivity contribution is -0.126. The molecule has 158 valence electrons. The van der Waals surface area contributed by atoms with Crippen molar-refractivity contribution in [1.82, 2.24) is 5.32 Å². The molecule has 0 saturated carbocycles. The average molecular weight is 412 g/mol. The molecule has 4 heteroatoms. The molecular formula is C27H29N3O. The maximum absolute atomic E-state index is 13.5. The number of rotatable bonds is 4. The topological polar surface area (TPSA) is 35.6 Å². The Morgan fingerprint density at radius 1 is 0.903 bits per heavy atom. The molecule has 3 atom stereocenters. The summed E-state index contributed by atoms with van der Waals surface area (Å²) in [6.07, 6.45) is 0.785. The fraction of sp³-hybridized carbons (Fsp3) is 0.296. The van der Waals surface area contributed by atoms with Crippen LogP contribution in [0.3, 0.4) is 0 Å². The van der Waals surface area contributed by atoms with Crippen LogP contribution in [0.25, 0.3) is 0 Å². The number of piperazine rings is 1. The molecule has 0 aromatic heterocycles. The van der Waals surface area contributed by atoms with Crippen molar-refractivity contribution in [2.45, 2.75) is 25.4 Å². The molecule has 4 nitrogen and oxygen atoms in total. The first kappa shape index (κ1) is 19.7. The summed E-state index contributed by atoms with van der Waals surface area (Å²) in [6, 6.07) is 29.5. The Morgan fingerprint density at radius 3 is 2.35 bits per heavy atom. The number of anilines is 2. The van der Waals surface area contributed by atoms with Crippen LogP contribution in [-0.2, 0) is 11.2 Å². The van der Waals surface area contributed by atoms with Crippen molar-refractivity contribution in [2.75, 3.05) is 29.4 Å². The fourth-order valence-electron chi connectivity index (χ4n) is 5.08. The molecule has 2 heterocycles. The standard InChI is InChI=1S/C27H29N3O/c1-20(21-10-4-2-5-11-21)28-27(31)24-18-22-12-8-9-15-25(22)30-17-16-29(19-26(24)30)23-13-6-3-7-14-23/h2-15,20,24,26H,16-19H2,1H3,(H,28,31)/t20-,24-,26-/m0/s1. The van der Waals surface area contributed by atoms with Gasteiger partial charge in [-0.15, -0.1) is 0 Å². The molecular weight excluding hydrogens is 382 g/mol. The second-order valence-electron chi connectivity index (χ2n) is 8.62. The van der Waals surface area contributed by atoms with E-state index in [4.69, 9.17) is 0 Å². The minimum atomic E-state index is -0.0763. The zero-order valence-electron chi connectivity index (χ0n) is 17.9. The van der Waals surface area contributed by atoms with Crippen LogP contribution < -0.4 is 15.1 Å². The van der Waals surface area contributed by atoms with Crippen molar-refractivity contribution in [1.29, 1.82) is 0 Å². The lowest BCUT2D eigenvalue weighted by Gasteiger charge is -2.49. The van der Waals surface area contributed by atoms with E-state index in [1.165, 1.54) is 16.9 Å². The molecule has 2 aliphatic heterocycles. The summed E-state index contributed by atoms with van der Waals surface area (Å²) >= 11 is 0. The zero-order chi connectivity index (χ0) is 21.2. The van der Waals surface area contributed by atoms with Crippen LogP contribution in [0.1, 0.15) is 24.1 Å². The first-order valence-electron chi connectivity index (χ1n) is 11.2. The normalized spacial score (nSPS) is 21.1. The van der Waals surface area contributed by atoms with E-state index in [1.807, 2.05) is 18.2 Å². The van der Waals surface area contributed by atoms with E-state index in [0.29, 0.717) is 0 Å². The third-order valence-corrected chi connectivity index (χ3v) is 6.74. The van der Waals surface area contributed by atoms with Crippen LogP contribution in [0.2, 0.25) is 0 Å². The number of carbonyl (C=O) groups is 1. The predicted octanol–water partition coefficient (Wildman–Crippen LogP) is 4.43. The van der Waals surface area contributed by atoms with Crippen LogP contribution in [0.4, 0.5) is 11.4 Å². The van der Waals surface area contributed by atoms with Gasteiger partial charge in [-0.3, -0.25) is 4.79 Å². The molecule has 2 aliphatic rings. The third-order valence-electron chi connectivity index (χ3n) is 6.74. The third kappa shape index (κ3) is 3.90. The molecule has 0 aliphatic carbocycles. The molecule has 0 bridgehead atoms. The number of para-hydroxylation sites is 2. The van der Waals surface area contributed by atoms with Gasteiger partial charge in [0, 0.05) is 31.0 Å². The molecule has 1 fully saturated rings. The lowest BCUT2D eigenvalue weighted by atomic mass is 9.83. The molecule has 3 aromatic carbocycles. The van der Waals surface area contributed by atoms with Gasteiger partial charge < -0.3 is 15.1 Å². The summed E-state index contributed by atoms with van der Waals surface area (Å²) in [6.45, 7) is 4.81. The summed E-state index contributed by atoms with van der Waals surface area (Å²) < 4.78 is 0. The van der Waals surface area contributed by atoms with Crippen molar-refractivity contribution in [3.8, 4) is 0 Å². The number of hydrogen-bond acceptors (Lipinski definition) is 3. The van der Waals surface area contributed by atoms with Gasteiger partial charge in [0.2, 0.25) is 5.91 Å². The fourth-order valence-corrected chi connectivity index (χ4v) is 5.08. The largest absolute Gasteiger partial charge is 0.368 e. The highest BCUT2D eigenvalue weighted by molar-refractivity contribution is 5.82. The van der Waals surface area contributed by atoms with Gasteiger partial charge in [0.25, 0.3) is 0 Å². The Labute approximate surface area is 184 Å². The number of benzene rings is 3. The summed E-state index contributed by atoms with van der Waals surface area (Å²) in [5.74, 6) is 0.0725. The van der Waals surface area contributed by atoms with Gasteiger partial charge in [0.1, 0.15) is 0 Å². The van der Waals surface area contributed by atoms with Gasteiger partial charge in [-0.05, 0) is 42.7 Å². The smallest absolute Gasteiger partial charge is 0.226 e. The predicted molar refractivity (Wildman–Crippen MR) is 126 cm³/mol. The van der Waals surface area contributed by atoms with Gasteiger partial charge in [0.15, 0.2) is 0 Å². The molecule has 3 aromatic rings. The second kappa shape index (κ2) is 8.46. The van der Waals surface area contributed by atoms with Crippen molar-refractivity contribution in [3.63, 3.8) is 0 Å². The molecule has 0 spiro atoms. The number of hydrogen-bond donors (Lipinski definition) is 1. The molecule has 5 rings (SSSR count). The van der Waals surface area contributed by atoms with E-state index >= 15 is 0 Å². The zero-order valence-corrected chi connectivity index (χ0v) is 17.9. The lowest BCUT2D eigenvalue weighted by Crippen LogP contribution is -2.61.